The van der Waals surface area contributed by atoms with Gasteiger partial charge in [0.1, 0.15) is 5.01 Å². The van der Waals surface area contributed by atoms with Gasteiger partial charge in [0.25, 0.3) is 0 Å². The third-order valence-electron chi connectivity index (χ3n) is 4.51. The number of hydrogen-bond acceptors (Lipinski definition) is 2. The Morgan fingerprint density at radius 3 is 1.84 bits per heavy atom. The molecule has 1 aromatic heterocycles. The van der Waals surface area contributed by atoms with E-state index in [9.17, 15) is 0 Å². The first-order valence-electron chi connectivity index (χ1n) is 8.58. The van der Waals surface area contributed by atoms with E-state index in [1.54, 1.807) is 11.3 Å². The first kappa shape index (κ1) is 16.0. The Labute approximate surface area is 153 Å². The molecule has 0 amide bonds. The fourth-order valence-electron chi connectivity index (χ4n) is 2.96. The first-order chi connectivity index (χ1) is 12.0. The van der Waals surface area contributed by atoms with Gasteiger partial charge in [-0.1, -0.05) is 81.4 Å². The molecule has 3 aromatic carbocycles. The molecule has 0 bridgehead atoms. The average Bonchev–Trinajstić information content (AvgIpc) is 3.05. The maximum Gasteiger partial charge on any atom is 0.124 e. The Balaban J connectivity index is 1.63. The van der Waals surface area contributed by atoms with Gasteiger partial charge in [0.05, 0.1) is 10.2 Å². The number of rotatable bonds is 2. The molecule has 0 unspecified atom stereocenters. The molecule has 0 radical (unpaired) electrons. The second-order valence-corrected chi connectivity index (χ2v) is 8.42. The standard InChI is InChI=1S/C23H21NS/c1-23(2,3)19-14-12-17(13-15-19)16-8-10-18(11-9-16)22-24-20-6-4-5-7-21(20)25-22/h4-15H,1-3H3. The van der Waals surface area contributed by atoms with E-state index in [4.69, 9.17) is 4.98 Å². The molecule has 0 saturated heterocycles. The molecule has 0 N–H and O–H groups in total. The number of aromatic nitrogens is 1. The van der Waals surface area contributed by atoms with Crippen LogP contribution in [0.25, 0.3) is 31.9 Å². The summed E-state index contributed by atoms with van der Waals surface area (Å²) in [4.78, 5) is 4.74. The van der Waals surface area contributed by atoms with Crippen LogP contribution in [0.15, 0.2) is 72.8 Å². The Morgan fingerprint density at radius 1 is 0.680 bits per heavy atom. The molecule has 1 heterocycles. The smallest absolute Gasteiger partial charge is 0.124 e. The number of para-hydroxylation sites is 1. The van der Waals surface area contributed by atoms with E-state index in [1.165, 1.54) is 27.0 Å². The summed E-state index contributed by atoms with van der Waals surface area (Å²) in [6.45, 7) is 6.73. The Bertz CT molecular complexity index is 970. The summed E-state index contributed by atoms with van der Waals surface area (Å²) in [6.07, 6.45) is 0. The van der Waals surface area contributed by atoms with Crippen LogP contribution in [0.2, 0.25) is 0 Å². The van der Waals surface area contributed by atoms with E-state index in [2.05, 4.69) is 87.5 Å². The quantitative estimate of drug-likeness (QED) is 0.384. The third-order valence-corrected chi connectivity index (χ3v) is 5.60. The van der Waals surface area contributed by atoms with Crippen LogP contribution in [-0.2, 0) is 5.41 Å². The molecular weight excluding hydrogens is 322 g/mol. The minimum atomic E-state index is 0.190. The van der Waals surface area contributed by atoms with Crippen LogP contribution < -0.4 is 0 Å². The SMILES string of the molecule is CC(C)(C)c1ccc(-c2ccc(-c3nc4ccccc4s3)cc2)cc1. The fraction of sp³-hybridized carbons (Fsp3) is 0.174. The predicted octanol–water partition coefficient (Wildman–Crippen LogP) is 6.93. The highest BCUT2D eigenvalue weighted by Gasteiger charge is 2.13. The fourth-order valence-corrected chi connectivity index (χ4v) is 3.93. The van der Waals surface area contributed by atoms with Gasteiger partial charge in [0.2, 0.25) is 0 Å². The normalized spacial score (nSPS) is 11.8. The topological polar surface area (TPSA) is 12.9 Å². The van der Waals surface area contributed by atoms with Crippen LogP contribution >= 0.6 is 11.3 Å². The van der Waals surface area contributed by atoms with Gasteiger partial charge in [0, 0.05) is 5.56 Å². The van der Waals surface area contributed by atoms with E-state index in [0.29, 0.717) is 0 Å². The zero-order valence-electron chi connectivity index (χ0n) is 14.8. The van der Waals surface area contributed by atoms with E-state index in [0.717, 1.165) is 10.5 Å². The summed E-state index contributed by atoms with van der Waals surface area (Å²) < 4.78 is 1.24. The van der Waals surface area contributed by atoms with Crippen molar-refractivity contribution in [2.24, 2.45) is 0 Å². The van der Waals surface area contributed by atoms with Crippen molar-refractivity contribution in [3.63, 3.8) is 0 Å². The number of benzene rings is 3. The summed E-state index contributed by atoms with van der Waals surface area (Å²) >= 11 is 1.75. The third kappa shape index (κ3) is 3.22. The zero-order valence-corrected chi connectivity index (χ0v) is 15.6. The van der Waals surface area contributed by atoms with E-state index < -0.39 is 0 Å². The van der Waals surface area contributed by atoms with Crippen molar-refractivity contribution in [3.8, 4) is 21.7 Å². The second kappa shape index (κ2) is 6.12. The lowest BCUT2D eigenvalue weighted by molar-refractivity contribution is 0.590. The highest BCUT2D eigenvalue weighted by molar-refractivity contribution is 7.21. The minimum absolute atomic E-state index is 0.190. The molecule has 0 aliphatic rings. The van der Waals surface area contributed by atoms with E-state index >= 15 is 0 Å². The summed E-state index contributed by atoms with van der Waals surface area (Å²) in [5.74, 6) is 0. The molecule has 124 valence electrons. The van der Waals surface area contributed by atoms with Crippen LogP contribution in [0.4, 0.5) is 0 Å². The Kier molecular flexibility index (Phi) is 3.93. The van der Waals surface area contributed by atoms with E-state index in [1.807, 2.05) is 6.07 Å². The summed E-state index contributed by atoms with van der Waals surface area (Å²) in [7, 11) is 0. The van der Waals surface area contributed by atoms with Crippen LogP contribution in [0.1, 0.15) is 26.3 Å². The van der Waals surface area contributed by atoms with Gasteiger partial charge >= 0.3 is 0 Å². The monoisotopic (exact) mass is 343 g/mol. The van der Waals surface area contributed by atoms with Gasteiger partial charge in [-0.2, -0.15) is 0 Å². The van der Waals surface area contributed by atoms with Gasteiger partial charge in [-0.3, -0.25) is 0 Å². The molecule has 4 rings (SSSR count). The number of hydrogen-bond donors (Lipinski definition) is 0. The molecular formula is C23H21NS. The van der Waals surface area contributed by atoms with Gasteiger partial charge in [0.15, 0.2) is 0 Å². The highest BCUT2D eigenvalue weighted by atomic mass is 32.1. The van der Waals surface area contributed by atoms with E-state index in [-0.39, 0.29) is 5.41 Å². The largest absolute Gasteiger partial charge is 0.236 e. The lowest BCUT2D eigenvalue weighted by atomic mass is 9.86. The molecule has 1 nitrogen and oxygen atoms in total. The maximum absolute atomic E-state index is 4.74. The van der Waals surface area contributed by atoms with Crippen molar-refractivity contribution in [1.82, 2.24) is 4.98 Å². The average molecular weight is 343 g/mol. The van der Waals surface area contributed by atoms with Gasteiger partial charge in [-0.25, -0.2) is 4.98 Å². The van der Waals surface area contributed by atoms with Gasteiger partial charge < -0.3 is 0 Å². The second-order valence-electron chi connectivity index (χ2n) is 7.39. The molecule has 0 aliphatic carbocycles. The number of fused-ring (bicyclic) bond motifs is 1. The van der Waals surface area contributed by atoms with Crippen LogP contribution in [-0.4, -0.2) is 4.98 Å². The molecule has 0 aliphatic heterocycles. The Morgan fingerprint density at radius 2 is 1.24 bits per heavy atom. The predicted molar refractivity (Wildman–Crippen MR) is 109 cm³/mol. The van der Waals surface area contributed by atoms with Crippen molar-refractivity contribution in [2.75, 3.05) is 0 Å². The molecule has 0 fully saturated rings. The van der Waals surface area contributed by atoms with Crippen LogP contribution in [0.5, 0.6) is 0 Å². The molecule has 0 saturated carbocycles. The lowest BCUT2D eigenvalue weighted by Crippen LogP contribution is -2.10. The van der Waals surface area contributed by atoms with Crippen LogP contribution in [0.3, 0.4) is 0 Å². The Hall–Kier alpha value is -2.45. The summed E-state index contributed by atoms with van der Waals surface area (Å²) in [6, 6.07) is 25.9. The summed E-state index contributed by atoms with van der Waals surface area (Å²) in [5.41, 5.74) is 6.30. The van der Waals surface area contributed by atoms with Gasteiger partial charge in [-0.05, 0) is 34.2 Å². The molecule has 0 atom stereocenters. The van der Waals surface area contributed by atoms with Crippen molar-refractivity contribution in [3.05, 3.63) is 78.4 Å². The summed E-state index contributed by atoms with van der Waals surface area (Å²) in [5, 5.41) is 1.08. The van der Waals surface area contributed by atoms with Crippen molar-refractivity contribution in [1.29, 1.82) is 0 Å². The minimum Gasteiger partial charge on any atom is -0.236 e. The van der Waals surface area contributed by atoms with Crippen molar-refractivity contribution < 1.29 is 0 Å². The van der Waals surface area contributed by atoms with Gasteiger partial charge in [-0.15, -0.1) is 11.3 Å². The van der Waals surface area contributed by atoms with Crippen molar-refractivity contribution >= 4 is 21.6 Å². The highest BCUT2D eigenvalue weighted by Crippen LogP contribution is 2.32. The number of nitrogens with zero attached hydrogens (tertiary/aromatic N) is 1. The maximum atomic E-state index is 4.74. The molecule has 4 aromatic rings. The molecule has 0 spiro atoms. The molecule has 25 heavy (non-hydrogen) atoms. The lowest BCUT2D eigenvalue weighted by Gasteiger charge is -2.19. The van der Waals surface area contributed by atoms with Crippen molar-refractivity contribution in [2.45, 2.75) is 26.2 Å². The molecule has 2 heteroatoms. The first-order valence-corrected chi connectivity index (χ1v) is 9.39. The van der Waals surface area contributed by atoms with Crippen LogP contribution in [0, 0.1) is 0 Å². The zero-order chi connectivity index (χ0) is 17.4. The number of thiazole rings is 1.